The van der Waals surface area contributed by atoms with E-state index in [1.807, 2.05) is 18.2 Å². The highest BCUT2D eigenvalue weighted by Gasteiger charge is 2.27. The number of carbonyl (C=O) groups excluding carboxylic acids is 1. The molecule has 0 bridgehead atoms. The molecule has 2 heterocycles. The van der Waals surface area contributed by atoms with Crippen molar-refractivity contribution in [2.45, 2.75) is 19.3 Å². The van der Waals surface area contributed by atoms with E-state index >= 15 is 0 Å². The van der Waals surface area contributed by atoms with Crippen molar-refractivity contribution in [2.75, 3.05) is 17.2 Å². The van der Waals surface area contributed by atoms with Crippen LogP contribution >= 0.6 is 0 Å². The van der Waals surface area contributed by atoms with Gasteiger partial charge >= 0.3 is 0 Å². The molecular formula is C16H17N3O. The molecule has 102 valence electrons. The van der Waals surface area contributed by atoms with E-state index < -0.39 is 0 Å². The predicted molar refractivity (Wildman–Crippen MR) is 79.8 cm³/mol. The molecule has 1 atom stereocenters. The molecule has 0 fully saturated rings. The number of carbonyl (C=O) groups is 1. The summed E-state index contributed by atoms with van der Waals surface area (Å²) >= 11 is 0. The molecule has 1 aliphatic rings. The zero-order chi connectivity index (χ0) is 14.1. The lowest BCUT2D eigenvalue weighted by atomic mass is 9.91. The average molecular weight is 267 g/mol. The fourth-order valence-corrected chi connectivity index (χ4v) is 2.67. The number of anilines is 2. The second kappa shape index (κ2) is 4.96. The van der Waals surface area contributed by atoms with Crippen LogP contribution in [0.4, 0.5) is 11.5 Å². The van der Waals surface area contributed by atoms with E-state index in [2.05, 4.69) is 18.0 Å². The zero-order valence-corrected chi connectivity index (χ0v) is 11.4. The highest BCUT2D eigenvalue weighted by Crippen LogP contribution is 2.35. The standard InChI is InChI=1S/C16H17N3O/c1-11-9-10-19(14-7-3-2-5-12(11)14)16(20)13-6-4-8-15(17)18-13/h2-8,11H,9-10H2,1H3,(H2,17,18). The summed E-state index contributed by atoms with van der Waals surface area (Å²) in [6.07, 6.45) is 0.963. The first kappa shape index (κ1) is 12.7. The second-order valence-corrected chi connectivity index (χ2v) is 5.15. The van der Waals surface area contributed by atoms with E-state index in [0.717, 1.165) is 12.1 Å². The predicted octanol–water partition coefficient (Wildman–Crippen LogP) is 2.82. The number of nitrogens with zero attached hydrogens (tertiary/aromatic N) is 2. The number of para-hydroxylation sites is 1. The molecular weight excluding hydrogens is 250 g/mol. The summed E-state index contributed by atoms with van der Waals surface area (Å²) in [5, 5.41) is 0. The summed E-state index contributed by atoms with van der Waals surface area (Å²) in [6.45, 7) is 2.91. The Morgan fingerprint density at radius 1 is 1.25 bits per heavy atom. The van der Waals surface area contributed by atoms with Crippen molar-refractivity contribution in [3.63, 3.8) is 0 Å². The fourth-order valence-electron chi connectivity index (χ4n) is 2.67. The molecule has 0 saturated carbocycles. The highest BCUT2D eigenvalue weighted by molar-refractivity contribution is 6.05. The molecule has 2 aromatic rings. The topological polar surface area (TPSA) is 59.2 Å². The molecule has 0 radical (unpaired) electrons. The van der Waals surface area contributed by atoms with Crippen LogP contribution < -0.4 is 10.6 Å². The summed E-state index contributed by atoms with van der Waals surface area (Å²) in [7, 11) is 0. The van der Waals surface area contributed by atoms with Crippen LogP contribution in [0.15, 0.2) is 42.5 Å². The molecule has 4 heteroatoms. The van der Waals surface area contributed by atoms with Crippen LogP contribution in [0.1, 0.15) is 35.3 Å². The number of pyridine rings is 1. The molecule has 1 aromatic heterocycles. The maximum Gasteiger partial charge on any atom is 0.276 e. The van der Waals surface area contributed by atoms with Crippen LogP contribution in [0.5, 0.6) is 0 Å². The number of hydrogen-bond acceptors (Lipinski definition) is 3. The lowest BCUT2D eigenvalue weighted by Crippen LogP contribution is -2.36. The monoisotopic (exact) mass is 267 g/mol. The van der Waals surface area contributed by atoms with Gasteiger partial charge in [-0.2, -0.15) is 0 Å². The lowest BCUT2D eigenvalue weighted by molar-refractivity contribution is 0.0979. The van der Waals surface area contributed by atoms with E-state index in [0.29, 0.717) is 24.0 Å². The number of rotatable bonds is 1. The molecule has 0 spiro atoms. The first-order valence-electron chi connectivity index (χ1n) is 6.80. The van der Waals surface area contributed by atoms with E-state index in [9.17, 15) is 4.79 Å². The van der Waals surface area contributed by atoms with Crippen LogP contribution in [-0.2, 0) is 0 Å². The molecule has 1 unspecified atom stereocenters. The van der Waals surface area contributed by atoms with Gasteiger partial charge in [-0.1, -0.05) is 31.2 Å². The van der Waals surface area contributed by atoms with Crippen molar-refractivity contribution in [2.24, 2.45) is 0 Å². The summed E-state index contributed by atoms with van der Waals surface area (Å²) < 4.78 is 0. The number of fused-ring (bicyclic) bond motifs is 1. The van der Waals surface area contributed by atoms with Crippen LogP contribution in [0, 0.1) is 0 Å². The molecule has 1 aromatic carbocycles. The maximum atomic E-state index is 12.6. The molecule has 20 heavy (non-hydrogen) atoms. The third kappa shape index (κ3) is 2.13. The third-order valence-corrected chi connectivity index (χ3v) is 3.78. The maximum absolute atomic E-state index is 12.6. The summed E-state index contributed by atoms with van der Waals surface area (Å²) in [4.78, 5) is 18.6. The van der Waals surface area contributed by atoms with Gasteiger partial charge in [0, 0.05) is 12.2 Å². The SMILES string of the molecule is CC1CCN(C(=O)c2cccc(N)n2)c2ccccc21. The van der Waals surface area contributed by atoms with E-state index in [1.165, 1.54) is 5.56 Å². The van der Waals surface area contributed by atoms with E-state index in [-0.39, 0.29) is 5.91 Å². The van der Waals surface area contributed by atoms with Gasteiger partial charge in [-0.25, -0.2) is 4.98 Å². The number of nitrogen functional groups attached to an aromatic ring is 1. The van der Waals surface area contributed by atoms with Crippen molar-refractivity contribution < 1.29 is 4.79 Å². The van der Waals surface area contributed by atoms with Gasteiger partial charge in [0.25, 0.3) is 5.91 Å². The van der Waals surface area contributed by atoms with Crippen molar-refractivity contribution in [3.8, 4) is 0 Å². The largest absolute Gasteiger partial charge is 0.384 e. The lowest BCUT2D eigenvalue weighted by Gasteiger charge is -2.32. The molecule has 0 aliphatic carbocycles. The van der Waals surface area contributed by atoms with Crippen molar-refractivity contribution in [1.29, 1.82) is 0 Å². The van der Waals surface area contributed by atoms with E-state index in [1.54, 1.807) is 23.1 Å². The molecule has 0 saturated heterocycles. The van der Waals surface area contributed by atoms with Gasteiger partial charge in [0.1, 0.15) is 11.5 Å². The first-order chi connectivity index (χ1) is 9.66. The zero-order valence-electron chi connectivity index (χ0n) is 11.4. The summed E-state index contributed by atoms with van der Waals surface area (Å²) in [5.41, 5.74) is 8.26. The van der Waals surface area contributed by atoms with E-state index in [4.69, 9.17) is 5.73 Å². The smallest absolute Gasteiger partial charge is 0.276 e. The van der Waals surface area contributed by atoms with Gasteiger partial charge in [0.2, 0.25) is 0 Å². The second-order valence-electron chi connectivity index (χ2n) is 5.15. The Balaban J connectivity index is 1.99. The minimum Gasteiger partial charge on any atom is -0.384 e. The minimum absolute atomic E-state index is 0.0864. The summed E-state index contributed by atoms with van der Waals surface area (Å²) in [5.74, 6) is 0.759. The number of benzene rings is 1. The van der Waals surface area contributed by atoms with Crippen molar-refractivity contribution in [1.82, 2.24) is 4.98 Å². The van der Waals surface area contributed by atoms with Gasteiger partial charge in [-0.3, -0.25) is 4.79 Å². The first-order valence-corrected chi connectivity index (χ1v) is 6.80. The number of hydrogen-bond donors (Lipinski definition) is 1. The van der Waals surface area contributed by atoms with Crippen LogP contribution in [-0.4, -0.2) is 17.4 Å². The Bertz CT molecular complexity index is 654. The third-order valence-electron chi connectivity index (χ3n) is 3.78. The van der Waals surface area contributed by atoms with Crippen LogP contribution in [0.25, 0.3) is 0 Å². The molecule has 2 N–H and O–H groups in total. The Hall–Kier alpha value is -2.36. The highest BCUT2D eigenvalue weighted by atomic mass is 16.2. The Labute approximate surface area is 118 Å². The van der Waals surface area contributed by atoms with Crippen LogP contribution in [0.3, 0.4) is 0 Å². The Kier molecular flexibility index (Phi) is 3.14. The molecule has 1 aliphatic heterocycles. The van der Waals surface area contributed by atoms with Crippen molar-refractivity contribution >= 4 is 17.4 Å². The molecule has 4 nitrogen and oxygen atoms in total. The van der Waals surface area contributed by atoms with Gasteiger partial charge < -0.3 is 10.6 Å². The van der Waals surface area contributed by atoms with Gasteiger partial charge in [0.15, 0.2) is 0 Å². The molecule has 1 amide bonds. The van der Waals surface area contributed by atoms with Gasteiger partial charge in [0.05, 0.1) is 0 Å². The Morgan fingerprint density at radius 3 is 2.85 bits per heavy atom. The fraction of sp³-hybridized carbons (Fsp3) is 0.250. The van der Waals surface area contributed by atoms with Crippen LogP contribution in [0.2, 0.25) is 0 Å². The number of aromatic nitrogens is 1. The van der Waals surface area contributed by atoms with Gasteiger partial charge in [-0.15, -0.1) is 0 Å². The minimum atomic E-state index is -0.0864. The quantitative estimate of drug-likeness (QED) is 0.864. The Morgan fingerprint density at radius 2 is 2.05 bits per heavy atom. The summed E-state index contributed by atoms with van der Waals surface area (Å²) in [6, 6.07) is 13.2. The average Bonchev–Trinajstić information content (AvgIpc) is 2.47. The molecule has 3 rings (SSSR count). The normalized spacial score (nSPS) is 17.6. The number of amides is 1. The van der Waals surface area contributed by atoms with Crippen molar-refractivity contribution in [3.05, 3.63) is 53.7 Å². The number of nitrogens with two attached hydrogens (primary N) is 1. The van der Waals surface area contributed by atoms with Gasteiger partial charge in [-0.05, 0) is 36.1 Å².